The van der Waals surface area contributed by atoms with E-state index < -0.39 is 0 Å². The van der Waals surface area contributed by atoms with Gasteiger partial charge in [-0.2, -0.15) is 0 Å². The number of nitrogens with zero attached hydrogens (tertiary/aromatic N) is 2. The van der Waals surface area contributed by atoms with Gasteiger partial charge in [-0.1, -0.05) is 26.7 Å². The van der Waals surface area contributed by atoms with Crippen LogP contribution in [0.2, 0.25) is 0 Å². The minimum absolute atomic E-state index is 0.796. The predicted octanol–water partition coefficient (Wildman–Crippen LogP) is 2.45. The molecule has 14 heavy (non-hydrogen) atoms. The van der Waals surface area contributed by atoms with Crippen LogP contribution in [0.4, 0.5) is 0 Å². The third-order valence-electron chi connectivity index (χ3n) is 2.77. The number of hydrogen-bond acceptors (Lipinski definition) is 2. The maximum Gasteiger partial charge on any atom is 0.0109 e. The van der Waals surface area contributed by atoms with E-state index in [2.05, 4.69) is 44.8 Å². The topological polar surface area (TPSA) is 6.48 Å². The lowest BCUT2D eigenvalue weighted by Gasteiger charge is -2.28. The third kappa shape index (κ3) is 6.39. The molecule has 0 aromatic rings. The van der Waals surface area contributed by atoms with Crippen LogP contribution in [0.3, 0.4) is 0 Å². The lowest BCUT2D eigenvalue weighted by atomic mass is 10.1. The molecule has 0 aromatic carbocycles. The molecule has 0 spiro atoms. The Balaban J connectivity index is 3.81. The molecule has 0 atom stereocenters. The summed E-state index contributed by atoms with van der Waals surface area (Å²) in [5, 5.41) is 0. The molecule has 0 heterocycles. The highest BCUT2D eigenvalue weighted by molar-refractivity contribution is 4.68. The predicted molar refractivity (Wildman–Crippen MR) is 64.8 cm³/mol. The molecule has 2 heteroatoms. The second-order valence-corrected chi connectivity index (χ2v) is 4.52. The van der Waals surface area contributed by atoms with Crippen LogP contribution in [0, 0.1) is 0 Å². The molecule has 0 unspecified atom stereocenters. The summed E-state index contributed by atoms with van der Waals surface area (Å²) in [7, 11) is 6.55. The van der Waals surface area contributed by atoms with Crippen LogP contribution in [0.5, 0.6) is 0 Å². The molecule has 0 rings (SSSR count). The molecule has 0 aromatic heterocycles. The van der Waals surface area contributed by atoms with Gasteiger partial charge < -0.3 is 9.80 Å². The normalized spacial score (nSPS) is 12.0. The van der Waals surface area contributed by atoms with Gasteiger partial charge in [0.05, 0.1) is 0 Å². The van der Waals surface area contributed by atoms with Gasteiger partial charge in [0.2, 0.25) is 0 Å². The van der Waals surface area contributed by atoms with Crippen LogP contribution in [0.25, 0.3) is 0 Å². The van der Waals surface area contributed by atoms with Crippen molar-refractivity contribution in [2.75, 3.05) is 34.2 Å². The SMILES string of the molecule is CCCC(CCC)N(C)CCN(C)C. The second-order valence-electron chi connectivity index (χ2n) is 4.52. The Morgan fingerprint density at radius 1 is 0.857 bits per heavy atom. The van der Waals surface area contributed by atoms with E-state index in [1.807, 2.05) is 0 Å². The van der Waals surface area contributed by atoms with Crippen molar-refractivity contribution in [3.05, 3.63) is 0 Å². The first-order chi connectivity index (χ1) is 6.61. The first-order valence-electron chi connectivity index (χ1n) is 5.96. The fourth-order valence-electron chi connectivity index (χ4n) is 1.79. The summed E-state index contributed by atoms with van der Waals surface area (Å²) in [4.78, 5) is 4.78. The highest BCUT2D eigenvalue weighted by Crippen LogP contribution is 2.11. The molecule has 0 saturated carbocycles. The maximum absolute atomic E-state index is 2.52. The van der Waals surface area contributed by atoms with E-state index in [1.54, 1.807) is 0 Å². The highest BCUT2D eigenvalue weighted by atomic mass is 15.2. The lowest BCUT2D eigenvalue weighted by molar-refractivity contribution is 0.196. The van der Waals surface area contributed by atoms with Crippen LogP contribution < -0.4 is 0 Å². The van der Waals surface area contributed by atoms with Gasteiger partial charge in [0, 0.05) is 19.1 Å². The van der Waals surface area contributed by atoms with Crippen molar-refractivity contribution in [1.82, 2.24) is 9.80 Å². The Hall–Kier alpha value is -0.0800. The van der Waals surface area contributed by atoms with E-state index in [1.165, 1.54) is 38.8 Å². The number of hydrogen-bond donors (Lipinski definition) is 0. The van der Waals surface area contributed by atoms with Crippen molar-refractivity contribution in [1.29, 1.82) is 0 Å². The smallest absolute Gasteiger partial charge is 0.0109 e. The molecule has 0 amide bonds. The zero-order chi connectivity index (χ0) is 11.0. The average Bonchev–Trinajstić information content (AvgIpc) is 2.14. The van der Waals surface area contributed by atoms with Crippen molar-refractivity contribution in [3.8, 4) is 0 Å². The fourth-order valence-corrected chi connectivity index (χ4v) is 1.79. The lowest BCUT2D eigenvalue weighted by Crippen LogP contribution is -2.36. The van der Waals surface area contributed by atoms with E-state index in [0.29, 0.717) is 0 Å². The molecule has 0 aliphatic heterocycles. The number of likely N-dealkylation sites (N-methyl/N-ethyl adjacent to an activating group) is 2. The Kier molecular flexibility index (Phi) is 8.20. The Morgan fingerprint density at radius 3 is 1.71 bits per heavy atom. The summed E-state index contributed by atoms with van der Waals surface area (Å²) in [5.74, 6) is 0. The molecule has 0 bridgehead atoms. The molecule has 0 N–H and O–H groups in total. The van der Waals surface area contributed by atoms with Crippen molar-refractivity contribution in [2.45, 2.75) is 45.6 Å². The standard InChI is InChI=1S/C12H28N2/c1-6-8-12(9-7-2)14(5)11-10-13(3)4/h12H,6-11H2,1-5H3. The van der Waals surface area contributed by atoms with Crippen molar-refractivity contribution in [3.63, 3.8) is 0 Å². The summed E-state index contributed by atoms with van der Waals surface area (Å²) in [6.07, 6.45) is 5.30. The zero-order valence-electron chi connectivity index (χ0n) is 10.7. The molecule has 2 nitrogen and oxygen atoms in total. The van der Waals surface area contributed by atoms with Gasteiger partial charge in [-0.15, -0.1) is 0 Å². The van der Waals surface area contributed by atoms with Gasteiger partial charge in [0.1, 0.15) is 0 Å². The van der Waals surface area contributed by atoms with E-state index in [-0.39, 0.29) is 0 Å². The summed E-state index contributed by atoms with van der Waals surface area (Å²) in [6.45, 7) is 6.92. The Labute approximate surface area is 90.3 Å². The molecule has 0 fully saturated rings. The van der Waals surface area contributed by atoms with Gasteiger partial charge in [0.25, 0.3) is 0 Å². The molecule has 0 aliphatic carbocycles. The van der Waals surface area contributed by atoms with Crippen molar-refractivity contribution in [2.24, 2.45) is 0 Å². The van der Waals surface area contributed by atoms with Gasteiger partial charge in [0.15, 0.2) is 0 Å². The molecule has 0 saturated heterocycles. The van der Waals surface area contributed by atoms with E-state index in [9.17, 15) is 0 Å². The molecular weight excluding hydrogens is 172 g/mol. The zero-order valence-corrected chi connectivity index (χ0v) is 10.7. The van der Waals surface area contributed by atoms with Gasteiger partial charge >= 0.3 is 0 Å². The van der Waals surface area contributed by atoms with Gasteiger partial charge in [-0.25, -0.2) is 0 Å². The van der Waals surface area contributed by atoms with E-state index >= 15 is 0 Å². The summed E-state index contributed by atoms with van der Waals surface area (Å²) in [5.41, 5.74) is 0. The fraction of sp³-hybridized carbons (Fsp3) is 1.00. The minimum atomic E-state index is 0.796. The first-order valence-corrected chi connectivity index (χ1v) is 5.96. The van der Waals surface area contributed by atoms with Crippen LogP contribution in [0.1, 0.15) is 39.5 Å². The highest BCUT2D eigenvalue weighted by Gasteiger charge is 2.12. The average molecular weight is 200 g/mol. The Morgan fingerprint density at radius 2 is 1.36 bits per heavy atom. The maximum atomic E-state index is 2.52. The molecular formula is C12H28N2. The quantitative estimate of drug-likeness (QED) is 0.594. The van der Waals surface area contributed by atoms with E-state index in [4.69, 9.17) is 0 Å². The van der Waals surface area contributed by atoms with E-state index in [0.717, 1.165) is 6.04 Å². The van der Waals surface area contributed by atoms with Crippen LogP contribution in [-0.2, 0) is 0 Å². The molecule has 86 valence electrons. The first kappa shape index (κ1) is 13.9. The molecule has 0 aliphatic rings. The summed E-state index contributed by atoms with van der Waals surface area (Å²) >= 11 is 0. The number of rotatable bonds is 8. The van der Waals surface area contributed by atoms with Crippen LogP contribution in [-0.4, -0.2) is 50.1 Å². The van der Waals surface area contributed by atoms with Crippen molar-refractivity contribution < 1.29 is 0 Å². The molecule has 0 radical (unpaired) electrons. The monoisotopic (exact) mass is 200 g/mol. The van der Waals surface area contributed by atoms with Gasteiger partial charge in [-0.05, 0) is 34.0 Å². The summed E-state index contributed by atoms with van der Waals surface area (Å²) in [6, 6.07) is 0.796. The largest absolute Gasteiger partial charge is 0.308 e. The third-order valence-corrected chi connectivity index (χ3v) is 2.77. The minimum Gasteiger partial charge on any atom is -0.308 e. The van der Waals surface area contributed by atoms with Gasteiger partial charge in [-0.3, -0.25) is 0 Å². The second kappa shape index (κ2) is 8.25. The van der Waals surface area contributed by atoms with Crippen molar-refractivity contribution >= 4 is 0 Å². The Bertz CT molecular complexity index is 117. The summed E-state index contributed by atoms with van der Waals surface area (Å²) < 4.78 is 0. The van der Waals surface area contributed by atoms with Crippen LogP contribution in [0.15, 0.2) is 0 Å². The van der Waals surface area contributed by atoms with Crippen LogP contribution >= 0.6 is 0 Å².